The Hall–Kier alpha value is -1.13. The van der Waals surface area contributed by atoms with Crippen LogP contribution in [0.15, 0.2) is 22.3 Å². The summed E-state index contributed by atoms with van der Waals surface area (Å²) in [6, 6.07) is 0. The minimum Gasteiger partial charge on any atom is -0.426 e. The van der Waals surface area contributed by atoms with Crippen molar-refractivity contribution >= 4 is 5.97 Å². The molecule has 0 aromatic rings. The second kappa shape index (κ2) is 7.04. The molecule has 2 saturated carbocycles. The predicted octanol–water partition coefficient (Wildman–Crippen LogP) is 6.72. The van der Waals surface area contributed by atoms with E-state index in [0.717, 1.165) is 43.3 Å². The zero-order chi connectivity index (χ0) is 25.3. The fourth-order valence-corrected chi connectivity index (χ4v) is 10.8. The van der Waals surface area contributed by atoms with Gasteiger partial charge >= 0.3 is 5.97 Å². The molecule has 2 heterocycles. The summed E-state index contributed by atoms with van der Waals surface area (Å²) in [6.45, 7) is 18.5. The molecular formula is C31H46O4. The van der Waals surface area contributed by atoms with Crippen LogP contribution in [0.4, 0.5) is 0 Å². The van der Waals surface area contributed by atoms with Crippen molar-refractivity contribution in [2.24, 2.45) is 39.4 Å². The molecule has 1 unspecified atom stereocenters. The summed E-state index contributed by atoms with van der Waals surface area (Å²) in [5.41, 5.74) is 5.63. The smallest absolute Gasteiger partial charge is 0.336 e. The van der Waals surface area contributed by atoms with Gasteiger partial charge in [-0.15, -0.1) is 0 Å². The molecule has 4 aliphatic carbocycles. The second-order valence-corrected chi connectivity index (χ2v) is 14.6. The lowest BCUT2D eigenvalue weighted by molar-refractivity contribution is -0.262. The van der Waals surface area contributed by atoms with Crippen LogP contribution in [0.5, 0.6) is 0 Å². The molecule has 194 valence electrons. The molecule has 1 saturated heterocycles. The van der Waals surface area contributed by atoms with E-state index >= 15 is 0 Å². The van der Waals surface area contributed by atoms with Gasteiger partial charge < -0.3 is 14.6 Å². The van der Waals surface area contributed by atoms with Crippen LogP contribution in [-0.2, 0) is 14.3 Å². The maximum Gasteiger partial charge on any atom is 0.336 e. The first-order chi connectivity index (χ1) is 16.2. The molecule has 9 atom stereocenters. The van der Waals surface area contributed by atoms with Crippen molar-refractivity contribution in [1.29, 1.82) is 0 Å². The van der Waals surface area contributed by atoms with E-state index < -0.39 is 5.79 Å². The Bertz CT molecular complexity index is 1050. The first-order valence-electron chi connectivity index (χ1n) is 14.2. The molecule has 0 amide bonds. The molecule has 1 N–H and O–H groups in total. The summed E-state index contributed by atoms with van der Waals surface area (Å²) in [5, 5.41) is 10.9. The first-order valence-corrected chi connectivity index (χ1v) is 14.2. The van der Waals surface area contributed by atoms with Crippen LogP contribution < -0.4 is 0 Å². The lowest BCUT2D eigenvalue weighted by Crippen LogP contribution is -2.55. The van der Waals surface area contributed by atoms with E-state index in [0.29, 0.717) is 17.8 Å². The average molecular weight is 483 g/mol. The molecule has 3 fully saturated rings. The van der Waals surface area contributed by atoms with Crippen molar-refractivity contribution in [2.75, 3.05) is 0 Å². The largest absolute Gasteiger partial charge is 0.426 e. The fraction of sp³-hybridized carbons (Fsp3) is 0.839. The van der Waals surface area contributed by atoms with Gasteiger partial charge in [-0.2, -0.15) is 0 Å². The molecule has 0 aromatic carbocycles. The molecule has 6 aliphatic rings. The maximum absolute atomic E-state index is 12.5. The van der Waals surface area contributed by atoms with Crippen molar-refractivity contribution in [3.8, 4) is 0 Å². The molecule has 4 heteroatoms. The highest BCUT2D eigenvalue weighted by Gasteiger charge is 2.69. The average Bonchev–Trinajstić information content (AvgIpc) is 3.13. The Balaban J connectivity index is 1.41. The zero-order valence-corrected chi connectivity index (χ0v) is 23.2. The number of rotatable bonds is 0. The summed E-state index contributed by atoms with van der Waals surface area (Å²) < 4.78 is 12.9. The molecule has 4 nitrogen and oxygen atoms in total. The van der Waals surface area contributed by atoms with Crippen molar-refractivity contribution in [3.63, 3.8) is 0 Å². The molecule has 6 rings (SSSR count). The third-order valence-electron chi connectivity index (χ3n) is 13.0. The van der Waals surface area contributed by atoms with Gasteiger partial charge in [0.1, 0.15) is 0 Å². The molecule has 0 radical (unpaired) electrons. The molecule has 0 aromatic heterocycles. The summed E-state index contributed by atoms with van der Waals surface area (Å²) in [6.07, 6.45) is 8.47. The standard InChI is InChI=1S/C31H46O4/c1-17-15-31(19(3)18(2)26(33)35-31)34-22-16-30(8)21-9-10-23-27(4,5)24(32)12-13-28(23,6)20(21)11-14-29(30,7)25(17)22/h17,22-25,32H,9-16H2,1-8H3/t17-,22-,23+,24-,25+,28-,29-,30+,31?/m1/s1. The molecule has 1 spiro atoms. The summed E-state index contributed by atoms with van der Waals surface area (Å²) in [4.78, 5) is 12.5. The topological polar surface area (TPSA) is 55.8 Å². The van der Waals surface area contributed by atoms with Gasteiger partial charge in [0.05, 0.1) is 12.2 Å². The van der Waals surface area contributed by atoms with Gasteiger partial charge in [-0.1, -0.05) is 52.7 Å². The highest BCUT2D eigenvalue weighted by molar-refractivity contribution is 5.92. The van der Waals surface area contributed by atoms with Crippen molar-refractivity contribution in [1.82, 2.24) is 0 Å². The quantitative estimate of drug-likeness (QED) is 0.307. The van der Waals surface area contributed by atoms with Crippen LogP contribution >= 0.6 is 0 Å². The number of allylic oxidation sites excluding steroid dienone is 2. The number of ether oxygens (including phenoxy) is 2. The summed E-state index contributed by atoms with van der Waals surface area (Å²) >= 11 is 0. The van der Waals surface area contributed by atoms with Crippen molar-refractivity contribution < 1.29 is 19.4 Å². The van der Waals surface area contributed by atoms with Gasteiger partial charge in [0.2, 0.25) is 5.79 Å². The normalized spacial score (nSPS) is 52.7. The number of aliphatic hydroxyl groups is 1. The zero-order valence-electron chi connectivity index (χ0n) is 23.2. The minimum absolute atomic E-state index is 0.0328. The molecule has 0 bridgehead atoms. The predicted molar refractivity (Wildman–Crippen MR) is 136 cm³/mol. The maximum atomic E-state index is 12.5. The molecule has 2 aliphatic heterocycles. The van der Waals surface area contributed by atoms with Crippen LogP contribution in [-0.4, -0.2) is 29.1 Å². The fourth-order valence-electron chi connectivity index (χ4n) is 10.8. The van der Waals surface area contributed by atoms with E-state index in [1.807, 2.05) is 13.8 Å². The van der Waals surface area contributed by atoms with Crippen LogP contribution in [0, 0.1) is 39.4 Å². The Morgan fingerprint density at radius 3 is 2.31 bits per heavy atom. The molecule has 35 heavy (non-hydrogen) atoms. The van der Waals surface area contributed by atoms with E-state index in [-0.39, 0.29) is 39.8 Å². The van der Waals surface area contributed by atoms with Crippen LogP contribution in [0.2, 0.25) is 0 Å². The molecular weight excluding hydrogens is 436 g/mol. The Labute approximate surface area is 211 Å². The Kier molecular flexibility index (Phi) is 4.87. The number of esters is 1. The lowest BCUT2D eigenvalue weighted by atomic mass is 9.43. The van der Waals surface area contributed by atoms with Gasteiger partial charge in [0.15, 0.2) is 0 Å². The van der Waals surface area contributed by atoms with Crippen LogP contribution in [0.3, 0.4) is 0 Å². The van der Waals surface area contributed by atoms with E-state index in [9.17, 15) is 9.90 Å². The number of hydrogen-bond acceptors (Lipinski definition) is 4. The van der Waals surface area contributed by atoms with Crippen LogP contribution in [0.1, 0.15) is 107 Å². The SMILES string of the molecule is CC1=C(C)C2(C[C@@H](C)[C@H]3[C@@H](C[C@@]4(C)C5=C(CC[C@]34C)[C@@]3(C)CC[C@@H](O)C(C)(C)[C@@H]3CC5)O2)OC1=O. The minimum atomic E-state index is -0.855. The third-order valence-corrected chi connectivity index (χ3v) is 13.0. The number of aliphatic hydroxyl groups excluding tert-OH is 1. The van der Waals surface area contributed by atoms with Gasteiger partial charge in [-0.05, 0) is 98.2 Å². The van der Waals surface area contributed by atoms with Gasteiger partial charge in [0, 0.05) is 17.6 Å². The number of carbonyl (C=O) groups is 1. The number of hydrogen-bond donors (Lipinski definition) is 1. The monoisotopic (exact) mass is 482 g/mol. The Morgan fingerprint density at radius 1 is 0.943 bits per heavy atom. The van der Waals surface area contributed by atoms with E-state index in [1.54, 1.807) is 11.1 Å². The lowest BCUT2D eigenvalue weighted by Gasteiger charge is -2.62. The van der Waals surface area contributed by atoms with E-state index in [1.165, 1.54) is 19.3 Å². The van der Waals surface area contributed by atoms with Crippen molar-refractivity contribution in [2.45, 2.75) is 125 Å². The highest BCUT2D eigenvalue weighted by Crippen LogP contribution is 2.74. The van der Waals surface area contributed by atoms with Crippen molar-refractivity contribution in [3.05, 3.63) is 22.3 Å². The van der Waals surface area contributed by atoms with E-state index in [4.69, 9.17) is 9.47 Å². The van der Waals surface area contributed by atoms with Gasteiger partial charge in [-0.3, -0.25) is 0 Å². The second-order valence-electron chi connectivity index (χ2n) is 14.6. The first kappa shape index (κ1) is 24.2. The third kappa shape index (κ3) is 2.74. The summed E-state index contributed by atoms with van der Waals surface area (Å²) in [7, 11) is 0. The number of fused-ring (bicyclic) bond motifs is 6. The van der Waals surface area contributed by atoms with Gasteiger partial charge in [-0.25, -0.2) is 4.79 Å². The summed E-state index contributed by atoms with van der Waals surface area (Å²) in [5.74, 6) is 0.397. The van der Waals surface area contributed by atoms with E-state index in [2.05, 4.69) is 41.5 Å². The van der Waals surface area contributed by atoms with Crippen LogP contribution in [0.25, 0.3) is 0 Å². The van der Waals surface area contributed by atoms with Gasteiger partial charge in [0.25, 0.3) is 0 Å². The number of carbonyl (C=O) groups excluding carboxylic acids is 1. The highest BCUT2D eigenvalue weighted by atomic mass is 16.7. The Morgan fingerprint density at radius 2 is 1.66 bits per heavy atom.